The molecule has 100 valence electrons. The minimum absolute atomic E-state index is 0.0543. The first kappa shape index (κ1) is 14.6. The van der Waals surface area contributed by atoms with E-state index in [0.717, 1.165) is 30.9 Å². The number of amides is 1. The lowest BCUT2D eigenvalue weighted by Gasteiger charge is -2.08. The summed E-state index contributed by atoms with van der Waals surface area (Å²) < 4.78 is 0. The Bertz CT molecular complexity index is 393. The van der Waals surface area contributed by atoms with Crippen molar-refractivity contribution in [1.29, 1.82) is 0 Å². The molecule has 2 N–H and O–H groups in total. The average molecular weight is 250 g/mol. The van der Waals surface area contributed by atoms with Crippen LogP contribution in [0, 0.1) is 6.92 Å². The molecule has 0 aliphatic heterocycles. The van der Waals surface area contributed by atoms with E-state index in [-0.39, 0.29) is 5.91 Å². The summed E-state index contributed by atoms with van der Waals surface area (Å²) >= 11 is 0. The van der Waals surface area contributed by atoms with Crippen molar-refractivity contribution in [2.45, 2.75) is 33.6 Å². The monoisotopic (exact) mass is 250 g/mol. The van der Waals surface area contributed by atoms with Gasteiger partial charge in [-0.25, -0.2) is 0 Å². The number of aryl methyl sites for hydroxylation is 2. The zero-order valence-electron chi connectivity index (χ0n) is 11.4. The molecule has 0 fully saturated rings. The Hall–Kier alpha value is -1.49. The molecule has 18 heavy (non-hydrogen) atoms. The van der Waals surface area contributed by atoms with Crippen LogP contribution >= 0.6 is 0 Å². The predicted molar refractivity (Wildman–Crippen MR) is 71.6 cm³/mol. The highest BCUT2D eigenvalue weighted by Crippen LogP contribution is 2.07. The van der Waals surface area contributed by atoms with Crippen molar-refractivity contribution in [3.8, 4) is 0 Å². The van der Waals surface area contributed by atoms with E-state index in [4.69, 9.17) is 0 Å². The van der Waals surface area contributed by atoms with Gasteiger partial charge < -0.3 is 10.6 Å². The van der Waals surface area contributed by atoms with Gasteiger partial charge in [-0.1, -0.05) is 13.8 Å². The second-order valence-electron chi connectivity index (χ2n) is 4.16. The highest BCUT2D eigenvalue weighted by Gasteiger charge is 2.11. The molecule has 1 heterocycles. The van der Waals surface area contributed by atoms with Crippen LogP contribution < -0.4 is 10.6 Å². The molecule has 0 spiro atoms. The van der Waals surface area contributed by atoms with Crippen molar-refractivity contribution >= 4 is 5.91 Å². The number of nitrogens with one attached hydrogen (secondary N) is 2. The molecule has 0 aromatic carbocycles. The molecule has 1 rings (SSSR count). The smallest absolute Gasteiger partial charge is 0.253 e. The highest BCUT2D eigenvalue weighted by atomic mass is 16.1. The molecule has 0 unspecified atom stereocenters. The number of carbonyl (C=O) groups is 1. The maximum Gasteiger partial charge on any atom is 0.253 e. The maximum absolute atomic E-state index is 12.0. The fraction of sp³-hybridized carbons (Fsp3) is 0.615. The topological polar surface area (TPSA) is 66.9 Å². The minimum Gasteiger partial charge on any atom is -0.352 e. The van der Waals surface area contributed by atoms with Crippen molar-refractivity contribution in [2.24, 2.45) is 0 Å². The average Bonchev–Trinajstić information content (AvgIpc) is 2.38. The Morgan fingerprint density at radius 3 is 2.72 bits per heavy atom. The predicted octanol–water partition coefficient (Wildman–Crippen LogP) is 1.08. The van der Waals surface area contributed by atoms with E-state index in [1.54, 1.807) is 6.07 Å². The van der Waals surface area contributed by atoms with Gasteiger partial charge in [0.25, 0.3) is 5.91 Å². The van der Waals surface area contributed by atoms with Gasteiger partial charge in [0.1, 0.15) is 0 Å². The third-order valence-electron chi connectivity index (χ3n) is 2.64. The van der Waals surface area contributed by atoms with E-state index >= 15 is 0 Å². The Balaban J connectivity index is 2.52. The normalized spacial score (nSPS) is 10.4. The molecule has 1 aromatic rings. The Labute approximate surface area is 108 Å². The van der Waals surface area contributed by atoms with Crippen LogP contribution in [0.2, 0.25) is 0 Å². The number of carbonyl (C=O) groups excluding carboxylic acids is 1. The molecular weight excluding hydrogens is 228 g/mol. The Morgan fingerprint density at radius 1 is 1.28 bits per heavy atom. The Kier molecular flexibility index (Phi) is 6.28. The van der Waals surface area contributed by atoms with Crippen LogP contribution in [-0.2, 0) is 6.42 Å². The van der Waals surface area contributed by atoms with Gasteiger partial charge in [0.15, 0.2) is 0 Å². The van der Waals surface area contributed by atoms with E-state index in [1.807, 2.05) is 13.8 Å². The van der Waals surface area contributed by atoms with Crippen molar-refractivity contribution in [2.75, 3.05) is 19.6 Å². The van der Waals surface area contributed by atoms with Crippen molar-refractivity contribution < 1.29 is 4.79 Å². The van der Waals surface area contributed by atoms with Crippen LogP contribution in [0.4, 0.5) is 0 Å². The minimum atomic E-state index is -0.0543. The van der Waals surface area contributed by atoms with Gasteiger partial charge >= 0.3 is 0 Å². The summed E-state index contributed by atoms with van der Waals surface area (Å²) in [6.07, 6.45) is 1.64. The second kappa shape index (κ2) is 7.76. The number of hydrogen-bond donors (Lipinski definition) is 2. The van der Waals surface area contributed by atoms with Gasteiger partial charge in [-0.05, 0) is 38.9 Å². The van der Waals surface area contributed by atoms with Crippen molar-refractivity contribution in [3.05, 3.63) is 23.0 Å². The molecule has 0 atom stereocenters. The number of hydrogen-bond acceptors (Lipinski definition) is 4. The van der Waals surface area contributed by atoms with E-state index in [9.17, 15) is 4.79 Å². The van der Waals surface area contributed by atoms with Gasteiger partial charge in [0, 0.05) is 6.54 Å². The molecule has 0 saturated heterocycles. The first-order valence-corrected chi connectivity index (χ1v) is 6.51. The van der Waals surface area contributed by atoms with Crippen molar-refractivity contribution in [3.63, 3.8) is 0 Å². The molecule has 1 aromatic heterocycles. The van der Waals surface area contributed by atoms with Gasteiger partial charge in [-0.2, -0.15) is 10.2 Å². The molecule has 0 radical (unpaired) electrons. The third kappa shape index (κ3) is 4.41. The van der Waals surface area contributed by atoms with Gasteiger partial charge in [-0.3, -0.25) is 4.79 Å². The highest BCUT2D eigenvalue weighted by molar-refractivity contribution is 5.95. The van der Waals surface area contributed by atoms with Gasteiger partial charge in [0.2, 0.25) is 0 Å². The zero-order chi connectivity index (χ0) is 13.4. The molecule has 5 nitrogen and oxygen atoms in total. The lowest BCUT2D eigenvalue weighted by atomic mass is 10.1. The lowest BCUT2D eigenvalue weighted by Crippen LogP contribution is -2.28. The number of aromatic nitrogens is 2. The van der Waals surface area contributed by atoms with E-state index in [1.165, 1.54) is 0 Å². The first-order chi connectivity index (χ1) is 8.69. The van der Waals surface area contributed by atoms with E-state index in [0.29, 0.717) is 18.5 Å². The van der Waals surface area contributed by atoms with Crippen LogP contribution in [0.15, 0.2) is 6.07 Å². The summed E-state index contributed by atoms with van der Waals surface area (Å²) in [5.41, 5.74) is 2.17. The van der Waals surface area contributed by atoms with Gasteiger partial charge in [0.05, 0.1) is 17.0 Å². The quantitative estimate of drug-likeness (QED) is 0.711. The molecule has 0 aliphatic rings. The second-order valence-corrected chi connectivity index (χ2v) is 4.16. The maximum atomic E-state index is 12.0. The summed E-state index contributed by atoms with van der Waals surface area (Å²) in [4.78, 5) is 12.0. The zero-order valence-corrected chi connectivity index (χ0v) is 11.4. The summed E-state index contributed by atoms with van der Waals surface area (Å²) in [6, 6.07) is 1.80. The summed E-state index contributed by atoms with van der Waals surface area (Å²) in [6.45, 7) is 8.44. The van der Waals surface area contributed by atoms with Crippen LogP contribution in [-0.4, -0.2) is 35.7 Å². The standard InChI is InChI=1S/C13H22N4O/c1-4-12-11(9-10(3)16-17-12)13(18)15-8-6-7-14-5-2/h9,14H,4-8H2,1-3H3,(H,15,18). The molecule has 0 bridgehead atoms. The summed E-state index contributed by atoms with van der Waals surface area (Å²) in [5, 5.41) is 14.2. The largest absolute Gasteiger partial charge is 0.352 e. The van der Waals surface area contributed by atoms with Crippen LogP contribution in [0.25, 0.3) is 0 Å². The Morgan fingerprint density at radius 2 is 2.06 bits per heavy atom. The SMILES string of the molecule is CCNCCCNC(=O)c1cc(C)nnc1CC. The molecule has 0 saturated carbocycles. The summed E-state index contributed by atoms with van der Waals surface area (Å²) in [5.74, 6) is -0.0543. The van der Waals surface area contributed by atoms with Crippen LogP contribution in [0.5, 0.6) is 0 Å². The summed E-state index contributed by atoms with van der Waals surface area (Å²) in [7, 11) is 0. The van der Waals surface area contributed by atoms with Crippen LogP contribution in [0.1, 0.15) is 42.0 Å². The molecular formula is C13H22N4O. The number of rotatable bonds is 7. The third-order valence-corrected chi connectivity index (χ3v) is 2.64. The van der Waals surface area contributed by atoms with Crippen LogP contribution in [0.3, 0.4) is 0 Å². The van der Waals surface area contributed by atoms with Crippen molar-refractivity contribution in [1.82, 2.24) is 20.8 Å². The fourth-order valence-electron chi connectivity index (χ4n) is 1.66. The lowest BCUT2D eigenvalue weighted by molar-refractivity contribution is 0.0951. The van der Waals surface area contributed by atoms with Gasteiger partial charge in [-0.15, -0.1) is 0 Å². The molecule has 0 aliphatic carbocycles. The fourth-order valence-corrected chi connectivity index (χ4v) is 1.66. The number of nitrogens with zero attached hydrogens (tertiary/aromatic N) is 2. The molecule has 5 heteroatoms. The molecule has 1 amide bonds. The van der Waals surface area contributed by atoms with E-state index < -0.39 is 0 Å². The first-order valence-electron chi connectivity index (χ1n) is 6.51. The van der Waals surface area contributed by atoms with E-state index in [2.05, 4.69) is 27.8 Å².